The zero-order valence-electron chi connectivity index (χ0n) is 10.7. The van der Waals surface area contributed by atoms with Gasteiger partial charge >= 0.3 is 5.97 Å². The molecule has 2 N–H and O–H groups in total. The van der Waals surface area contributed by atoms with Crippen molar-refractivity contribution < 1.29 is 22.7 Å². The van der Waals surface area contributed by atoms with Gasteiger partial charge in [-0.1, -0.05) is 17.7 Å². The Kier molecular flexibility index (Phi) is 4.90. The average molecular weight is 322 g/mol. The van der Waals surface area contributed by atoms with Crippen LogP contribution in [0.5, 0.6) is 0 Å². The fourth-order valence-corrected chi connectivity index (χ4v) is 3.19. The van der Waals surface area contributed by atoms with Crippen LogP contribution in [0.2, 0.25) is 0 Å². The third-order valence-corrected chi connectivity index (χ3v) is 4.18. The van der Waals surface area contributed by atoms with E-state index in [-0.39, 0.29) is 5.56 Å². The van der Waals surface area contributed by atoms with Gasteiger partial charge in [0.15, 0.2) is 0 Å². The summed E-state index contributed by atoms with van der Waals surface area (Å²) in [5.41, 5.74) is -0.202. The molecule has 20 heavy (non-hydrogen) atoms. The molecule has 0 aliphatic rings. The van der Waals surface area contributed by atoms with E-state index in [9.17, 15) is 17.6 Å². The molecule has 0 aromatic heterocycles. The van der Waals surface area contributed by atoms with Gasteiger partial charge in [0.25, 0.3) is 0 Å². The number of nitrogens with one attached hydrogen (secondary N) is 1. The van der Waals surface area contributed by atoms with Crippen molar-refractivity contribution in [3.63, 3.8) is 0 Å². The fourth-order valence-electron chi connectivity index (χ4n) is 1.44. The smallest absolute Gasteiger partial charge is 0.335 e. The third-order valence-electron chi connectivity index (χ3n) is 2.35. The molecule has 0 radical (unpaired) electrons. The first-order chi connectivity index (χ1) is 9.09. The quantitative estimate of drug-likeness (QED) is 0.872. The monoisotopic (exact) mass is 321 g/mol. The molecule has 0 aliphatic carbocycles. The van der Waals surface area contributed by atoms with Crippen molar-refractivity contribution in [1.29, 1.82) is 0 Å². The van der Waals surface area contributed by atoms with Gasteiger partial charge in [0.2, 0.25) is 10.0 Å². The van der Waals surface area contributed by atoms with E-state index in [0.717, 1.165) is 17.7 Å². The Morgan fingerprint density at radius 1 is 1.45 bits per heavy atom. The number of benzene rings is 1. The summed E-state index contributed by atoms with van der Waals surface area (Å²) in [4.78, 5) is 10.0. The minimum Gasteiger partial charge on any atom is -0.478 e. The molecule has 1 rings (SSSR count). The largest absolute Gasteiger partial charge is 0.478 e. The molecule has 0 aliphatic heterocycles. The molecule has 0 heterocycles. The van der Waals surface area contributed by atoms with Gasteiger partial charge in [-0.25, -0.2) is 22.3 Å². The minimum absolute atomic E-state index is 0.332. The zero-order valence-corrected chi connectivity index (χ0v) is 12.3. The lowest BCUT2D eigenvalue weighted by Crippen LogP contribution is -2.41. The summed E-state index contributed by atoms with van der Waals surface area (Å²) in [6, 6.07) is 2.58. The number of halogens is 2. The number of carboxylic acids is 1. The van der Waals surface area contributed by atoms with E-state index in [2.05, 4.69) is 4.72 Å². The summed E-state index contributed by atoms with van der Waals surface area (Å²) in [7, 11) is -4.14. The van der Waals surface area contributed by atoms with Crippen LogP contribution < -0.4 is 4.72 Å². The molecule has 0 saturated heterocycles. The highest BCUT2D eigenvalue weighted by molar-refractivity contribution is 7.89. The summed E-state index contributed by atoms with van der Waals surface area (Å²) in [6.07, 6.45) is 1.38. The predicted molar refractivity (Wildman–Crippen MR) is 72.8 cm³/mol. The van der Waals surface area contributed by atoms with E-state index in [4.69, 9.17) is 16.7 Å². The van der Waals surface area contributed by atoms with Gasteiger partial charge in [-0.15, -0.1) is 0 Å². The molecule has 5 nitrogen and oxygen atoms in total. The Morgan fingerprint density at radius 3 is 2.50 bits per heavy atom. The maximum atomic E-state index is 13.7. The highest BCUT2D eigenvalue weighted by atomic mass is 35.5. The number of carboxylic acid groups (broad SMARTS) is 1. The van der Waals surface area contributed by atoms with Crippen molar-refractivity contribution in [3.8, 4) is 0 Å². The molecule has 0 spiro atoms. The maximum Gasteiger partial charge on any atom is 0.335 e. The van der Waals surface area contributed by atoms with Crippen molar-refractivity contribution in [3.05, 3.63) is 41.2 Å². The van der Waals surface area contributed by atoms with E-state index in [1.807, 2.05) is 0 Å². The van der Waals surface area contributed by atoms with Gasteiger partial charge in [-0.2, -0.15) is 0 Å². The van der Waals surface area contributed by atoms with Crippen LogP contribution in [0.1, 0.15) is 24.2 Å². The third kappa shape index (κ3) is 4.03. The van der Waals surface area contributed by atoms with E-state index in [1.165, 1.54) is 19.9 Å². The lowest BCUT2D eigenvalue weighted by molar-refractivity contribution is 0.0696. The molecule has 0 bridgehead atoms. The van der Waals surface area contributed by atoms with Gasteiger partial charge < -0.3 is 5.11 Å². The Morgan fingerprint density at radius 2 is 2.05 bits per heavy atom. The number of rotatable bonds is 5. The molecule has 0 saturated carbocycles. The van der Waals surface area contributed by atoms with Crippen LogP contribution in [0, 0.1) is 5.82 Å². The van der Waals surface area contributed by atoms with E-state index < -0.39 is 32.2 Å². The maximum absolute atomic E-state index is 13.7. The number of carbonyl (C=O) groups is 1. The van der Waals surface area contributed by atoms with E-state index in [1.54, 1.807) is 0 Å². The van der Waals surface area contributed by atoms with Crippen LogP contribution in [0.3, 0.4) is 0 Å². The first-order valence-electron chi connectivity index (χ1n) is 5.44. The molecule has 0 fully saturated rings. The molecular formula is C12H13ClFNO4S. The summed E-state index contributed by atoms with van der Waals surface area (Å²) in [6.45, 7) is 3.07. The molecule has 0 atom stereocenters. The molecule has 110 valence electrons. The second-order valence-electron chi connectivity index (χ2n) is 4.57. The molecule has 0 unspecified atom stereocenters. The zero-order chi connectivity index (χ0) is 15.6. The van der Waals surface area contributed by atoms with Gasteiger partial charge in [-0.05, 0) is 32.0 Å². The normalized spacial score (nSPS) is 12.8. The van der Waals surface area contributed by atoms with Crippen LogP contribution in [-0.2, 0) is 10.0 Å². The second kappa shape index (κ2) is 5.90. The van der Waals surface area contributed by atoms with Crippen molar-refractivity contribution in [2.24, 2.45) is 0 Å². The van der Waals surface area contributed by atoms with Gasteiger partial charge in [0.1, 0.15) is 10.7 Å². The van der Waals surface area contributed by atoms with Gasteiger partial charge in [0.05, 0.1) is 5.56 Å². The number of hydrogen-bond acceptors (Lipinski definition) is 3. The van der Waals surface area contributed by atoms with Crippen LogP contribution in [0.25, 0.3) is 0 Å². The standard InChI is InChI=1S/C12H13ClFNO4S/c1-12(2,5-6-13)15-20(18,19)10-4-3-8(11(16)17)7-9(10)14/h3-7,15H,1-2H3,(H,16,17)/b6-5+. The molecule has 0 amide bonds. The lowest BCUT2D eigenvalue weighted by Gasteiger charge is -2.21. The lowest BCUT2D eigenvalue weighted by atomic mass is 10.1. The summed E-state index contributed by atoms with van der Waals surface area (Å²) >= 11 is 5.39. The highest BCUT2D eigenvalue weighted by Gasteiger charge is 2.26. The van der Waals surface area contributed by atoms with Crippen molar-refractivity contribution in [2.45, 2.75) is 24.3 Å². The van der Waals surface area contributed by atoms with Crippen molar-refractivity contribution in [1.82, 2.24) is 4.72 Å². The van der Waals surface area contributed by atoms with Crippen molar-refractivity contribution >= 4 is 27.6 Å². The Hall–Kier alpha value is -1.44. The SMILES string of the molecule is CC(C)(/C=C/Cl)NS(=O)(=O)c1ccc(C(=O)O)cc1F. The first kappa shape index (κ1) is 16.6. The minimum atomic E-state index is -4.14. The highest BCUT2D eigenvalue weighted by Crippen LogP contribution is 2.19. The molecule has 8 heteroatoms. The Labute approximate surface area is 121 Å². The number of aromatic carboxylic acids is 1. The Bertz CT molecular complexity index is 655. The average Bonchev–Trinajstić information content (AvgIpc) is 2.26. The number of sulfonamides is 1. The molecular weight excluding hydrogens is 309 g/mol. The van der Waals surface area contributed by atoms with Crippen LogP contribution in [0.15, 0.2) is 34.7 Å². The summed E-state index contributed by atoms with van der Waals surface area (Å²) in [5.74, 6) is -2.48. The second-order valence-corrected chi connectivity index (χ2v) is 6.47. The van der Waals surface area contributed by atoms with Crippen LogP contribution in [-0.4, -0.2) is 25.0 Å². The number of hydrogen-bond donors (Lipinski definition) is 2. The Balaban J connectivity index is 3.20. The van der Waals surface area contributed by atoms with Crippen molar-refractivity contribution in [2.75, 3.05) is 0 Å². The topological polar surface area (TPSA) is 83.5 Å². The van der Waals surface area contributed by atoms with Crippen LogP contribution in [0.4, 0.5) is 4.39 Å². The van der Waals surface area contributed by atoms with Crippen LogP contribution >= 0.6 is 11.6 Å². The molecule has 1 aromatic carbocycles. The van der Waals surface area contributed by atoms with Gasteiger partial charge in [-0.3, -0.25) is 0 Å². The van der Waals surface area contributed by atoms with E-state index >= 15 is 0 Å². The first-order valence-corrected chi connectivity index (χ1v) is 7.36. The van der Waals surface area contributed by atoms with E-state index in [0.29, 0.717) is 6.07 Å². The predicted octanol–water partition coefficient (Wildman–Crippen LogP) is 2.33. The fraction of sp³-hybridized carbons (Fsp3) is 0.250. The van der Waals surface area contributed by atoms with Gasteiger partial charge in [0, 0.05) is 11.1 Å². The summed E-state index contributed by atoms with van der Waals surface area (Å²) < 4.78 is 40.1. The molecule has 1 aromatic rings. The summed E-state index contributed by atoms with van der Waals surface area (Å²) in [5, 5.41) is 8.70.